The number of carbonyl (C=O) groups is 2. The maximum Gasteiger partial charge on any atom is 0.337 e. The maximum absolute atomic E-state index is 13.0. The molecule has 2 N–H and O–H groups in total. The molecule has 0 aromatic heterocycles. The summed E-state index contributed by atoms with van der Waals surface area (Å²) in [6.07, 6.45) is 0. The summed E-state index contributed by atoms with van der Waals surface area (Å²) in [5.74, 6) is -1.24. The first-order chi connectivity index (χ1) is 15.5. The average molecular weight is 507 g/mol. The summed E-state index contributed by atoms with van der Waals surface area (Å²) in [6, 6.07) is 13.4. The number of methoxy groups -OCH3 is 1. The highest BCUT2D eigenvalue weighted by atomic mass is 35.5. The molecule has 0 radical (unpaired) electrons. The van der Waals surface area contributed by atoms with Gasteiger partial charge in [-0.2, -0.15) is 0 Å². The fourth-order valence-electron chi connectivity index (χ4n) is 3.04. The van der Waals surface area contributed by atoms with E-state index in [4.69, 9.17) is 23.2 Å². The molecule has 3 aromatic carbocycles. The molecule has 0 saturated heterocycles. The van der Waals surface area contributed by atoms with E-state index in [0.717, 1.165) is 11.1 Å². The highest BCUT2D eigenvalue weighted by Gasteiger charge is 2.22. The van der Waals surface area contributed by atoms with Crippen molar-refractivity contribution in [2.24, 2.45) is 0 Å². The number of sulfonamides is 1. The Morgan fingerprint density at radius 1 is 0.848 bits per heavy atom. The molecule has 0 atom stereocenters. The smallest absolute Gasteiger partial charge is 0.337 e. The minimum Gasteiger partial charge on any atom is -0.465 e. The van der Waals surface area contributed by atoms with Crippen LogP contribution in [0.25, 0.3) is 0 Å². The molecule has 3 aromatic rings. The van der Waals surface area contributed by atoms with Crippen LogP contribution in [0.4, 0.5) is 11.4 Å². The van der Waals surface area contributed by atoms with Crippen LogP contribution in [-0.2, 0) is 14.8 Å². The van der Waals surface area contributed by atoms with Crippen molar-refractivity contribution in [3.63, 3.8) is 0 Å². The van der Waals surface area contributed by atoms with E-state index in [1.807, 2.05) is 13.0 Å². The fourth-order valence-corrected chi connectivity index (χ4v) is 4.86. The van der Waals surface area contributed by atoms with E-state index < -0.39 is 21.9 Å². The molecule has 0 aliphatic carbocycles. The van der Waals surface area contributed by atoms with Gasteiger partial charge in [-0.25, -0.2) is 13.2 Å². The number of carbonyl (C=O) groups excluding carboxylic acids is 2. The molecule has 0 aliphatic heterocycles. The van der Waals surface area contributed by atoms with Crippen LogP contribution >= 0.6 is 23.2 Å². The number of aryl methyl sites for hydroxylation is 2. The Morgan fingerprint density at radius 2 is 1.52 bits per heavy atom. The van der Waals surface area contributed by atoms with E-state index in [0.29, 0.717) is 5.69 Å². The van der Waals surface area contributed by atoms with Gasteiger partial charge in [-0.05, 0) is 61.9 Å². The second-order valence-corrected chi connectivity index (χ2v) is 9.67. The molecular weight excluding hydrogens is 487 g/mol. The highest BCUT2D eigenvalue weighted by Crippen LogP contribution is 2.28. The molecular formula is C23H20Cl2N2O5S. The number of amides is 1. The van der Waals surface area contributed by atoms with Crippen molar-refractivity contribution in [2.45, 2.75) is 18.7 Å². The van der Waals surface area contributed by atoms with Gasteiger partial charge in [-0.1, -0.05) is 40.9 Å². The van der Waals surface area contributed by atoms with Crippen LogP contribution in [0, 0.1) is 13.8 Å². The minimum absolute atomic E-state index is 0.0277. The largest absolute Gasteiger partial charge is 0.465 e. The van der Waals surface area contributed by atoms with Crippen molar-refractivity contribution in [3.8, 4) is 0 Å². The molecule has 33 heavy (non-hydrogen) atoms. The molecule has 3 rings (SSSR count). The zero-order valence-electron chi connectivity index (χ0n) is 17.9. The molecule has 7 nitrogen and oxygen atoms in total. The number of hydrogen-bond donors (Lipinski definition) is 2. The second-order valence-electron chi connectivity index (χ2n) is 7.21. The molecule has 0 bridgehead atoms. The van der Waals surface area contributed by atoms with Crippen molar-refractivity contribution in [3.05, 3.63) is 86.9 Å². The van der Waals surface area contributed by atoms with E-state index in [1.54, 1.807) is 19.1 Å². The van der Waals surface area contributed by atoms with Gasteiger partial charge in [-0.3, -0.25) is 9.52 Å². The Balaban J connectivity index is 1.91. The van der Waals surface area contributed by atoms with Gasteiger partial charge in [0.2, 0.25) is 0 Å². The molecule has 1 amide bonds. The molecule has 0 saturated carbocycles. The Bertz CT molecular complexity index is 1360. The summed E-state index contributed by atoms with van der Waals surface area (Å²) in [4.78, 5) is 24.3. The Hall–Kier alpha value is -3.07. The van der Waals surface area contributed by atoms with Crippen molar-refractivity contribution >= 4 is 56.5 Å². The predicted molar refractivity (Wildman–Crippen MR) is 129 cm³/mol. The first kappa shape index (κ1) is 24.6. The predicted octanol–water partition coefficient (Wildman–Crippen LogP) is 5.45. The average Bonchev–Trinajstić information content (AvgIpc) is 2.76. The summed E-state index contributed by atoms with van der Waals surface area (Å²) >= 11 is 12.3. The Labute approximate surface area is 201 Å². The SMILES string of the molecule is COC(=O)c1ccc(Cl)c(NC(=O)c2ccc(Cl)c(S(=O)(=O)Nc3ccc(C)cc3C)c2)c1. The van der Waals surface area contributed by atoms with Gasteiger partial charge >= 0.3 is 5.97 Å². The van der Waals surface area contributed by atoms with Gasteiger partial charge in [0.1, 0.15) is 4.90 Å². The summed E-state index contributed by atoms with van der Waals surface area (Å²) in [5.41, 5.74) is 2.51. The van der Waals surface area contributed by atoms with Crippen LogP contribution in [0.2, 0.25) is 10.0 Å². The van der Waals surface area contributed by atoms with E-state index in [-0.39, 0.29) is 31.8 Å². The summed E-state index contributed by atoms with van der Waals surface area (Å²) in [6.45, 7) is 3.68. The number of hydrogen-bond acceptors (Lipinski definition) is 5. The van der Waals surface area contributed by atoms with E-state index in [2.05, 4.69) is 14.8 Å². The van der Waals surface area contributed by atoms with Crippen LogP contribution in [-0.4, -0.2) is 27.4 Å². The first-order valence-corrected chi connectivity index (χ1v) is 11.8. The normalized spacial score (nSPS) is 11.1. The second kappa shape index (κ2) is 9.82. The van der Waals surface area contributed by atoms with Crippen molar-refractivity contribution < 1.29 is 22.7 Å². The van der Waals surface area contributed by atoms with E-state index >= 15 is 0 Å². The van der Waals surface area contributed by atoms with Crippen molar-refractivity contribution in [1.29, 1.82) is 0 Å². The van der Waals surface area contributed by atoms with Crippen LogP contribution < -0.4 is 10.0 Å². The third-order valence-corrected chi connectivity index (χ3v) is 6.92. The third kappa shape index (κ3) is 5.65. The topological polar surface area (TPSA) is 102 Å². The van der Waals surface area contributed by atoms with Crippen molar-refractivity contribution in [1.82, 2.24) is 0 Å². The summed E-state index contributed by atoms with van der Waals surface area (Å²) in [5, 5.41) is 2.71. The lowest BCUT2D eigenvalue weighted by molar-refractivity contribution is 0.0600. The van der Waals surface area contributed by atoms with Crippen LogP contribution in [0.5, 0.6) is 0 Å². The molecule has 0 heterocycles. The quantitative estimate of drug-likeness (QED) is 0.432. The van der Waals surface area contributed by atoms with Crippen LogP contribution in [0.1, 0.15) is 31.8 Å². The monoisotopic (exact) mass is 506 g/mol. The number of nitrogens with one attached hydrogen (secondary N) is 2. The zero-order valence-corrected chi connectivity index (χ0v) is 20.2. The molecule has 10 heteroatoms. The van der Waals surface area contributed by atoms with Gasteiger partial charge in [0.25, 0.3) is 15.9 Å². The van der Waals surface area contributed by atoms with Crippen molar-refractivity contribution in [2.75, 3.05) is 17.1 Å². The number of ether oxygens (including phenoxy) is 1. The van der Waals surface area contributed by atoms with Gasteiger partial charge < -0.3 is 10.1 Å². The summed E-state index contributed by atoms with van der Waals surface area (Å²) < 4.78 is 33.2. The number of rotatable bonds is 6. The zero-order chi connectivity index (χ0) is 24.3. The van der Waals surface area contributed by atoms with E-state index in [1.165, 1.54) is 43.5 Å². The lowest BCUT2D eigenvalue weighted by Gasteiger charge is -2.14. The van der Waals surface area contributed by atoms with E-state index in [9.17, 15) is 18.0 Å². The number of esters is 1. The number of anilines is 2. The Kier molecular flexibility index (Phi) is 7.31. The van der Waals surface area contributed by atoms with Gasteiger partial charge in [0, 0.05) is 5.56 Å². The summed E-state index contributed by atoms with van der Waals surface area (Å²) in [7, 11) is -2.85. The minimum atomic E-state index is -4.09. The standard InChI is InChI=1S/C23H20Cl2N2O5S/c1-13-4-9-19(14(2)10-13)27-33(30,31)21-12-15(5-8-18(21)25)22(28)26-20-11-16(23(29)32-3)6-7-17(20)24/h4-12,27H,1-3H3,(H,26,28). The maximum atomic E-state index is 13.0. The Morgan fingerprint density at radius 3 is 2.18 bits per heavy atom. The number of benzene rings is 3. The number of halogens is 2. The van der Waals surface area contributed by atoms with Gasteiger partial charge in [0.15, 0.2) is 0 Å². The molecule has 0 spiro atoms. The van der Waals surface area contributed by atoms with Gasteiger partial charge in [0.05, 0.1) is 34.1 Å². The molecule has 0 unspecified atom stereocenters. The highest BCUT2D eigenvalue weighted by molar-refractivity contribution is 7.92. The molecule has 172 valence electrons. The van der Waals surface area contributed by atoms with Gasteiger partial charge in [-0.15, -0.1) is 0 Å². The van der Waals surface area contributed by atoms with Crippen LogP contribution in [0.15, 0.2) is 59.5 Å². The first-order valence-electron chi connectivity index (χ1n) is 9.60. The lowest BCUT2D eigenvalue weighted by atomic mass is 10.1. The molecule has 0 aliphatic rings. The molecule has 0 fully saturated rings. The third-order valence-electron chi connectivity index (χ3n) is 4.74. The van der Waals surface area contributed by atoms with Crippen LogP contribution in [0.3, 0.4) is 0 Å². The fraction of sp³-hybridized carbons (Fsp3) is 0.130. The lowest BCUT2D eigenvalue weighted by Crippen LogP contribution is -2.17.